The molecule has 0 heterocycles. The van der Waals surface area contributed by atoms with Crippen molar-refractivity contribution < 1.29 is 0 Å². The number of benzene rings is 2. The highest BCUT2D eigenvalue weighted by molar-refractivity contribution is 5.99. The molecule has 0 amide bonds. The van der Waals surface area contributed by atoms with E-state index in [1.165, 1.54) is 27.8 Å². The van der Waals surface area contributed by atoms with Gasteiger partial charge in [0.1, 0.15) is 0 Å². The van der Waals surface area contributed by atoms with Crippen LogP contribution in [0.1, 0.15) is 36.0 Å². The number of hydrogen-bond donors (Lipinski definition) is 0. The molecule has 2 aromatic carbocycles. The molecule has 0 radical (unpaired) electrons. The van der Waals surface area contributed by atoms with Gasteiger partial charge in [0.05, 0.1) is 0 Å². The molecule has 0 saturated carbocycles. The first-order valence-corrected chi connectivity index (χ1v) is 6.81. The topological polar surface area (TPSA) is 0 Å². The van der Waals surface area contributed by atoms with E-state index in [-0.39, 0.29) is 0 Å². The zero-order valence-corrected chi connectivity index (χ0v) is 11.3. The molecule has 0 heteroatoms. The molecule has 0 nitrogen and oxygen atoms in total. The number of fused-ring (bicyclic) bond motifs is 1. The van der Waals surface area contributed by atoms with Crippen molar-refractivity contribution in [3.8, 4) is 0 Å². The minimum atomic E-state index is 0.466. The lowest BCUT2D eigenvalue weighted by atomic mass is 9.92. The van der Waals surface area contributed by atoms with Crippen molar-refractivity contribution in [3.63, 3.8) is 0 Å². The van der Waals surface area contributed by atoms with Crippen molar-refractivity contribution >= 4 is 11.1 Å². The molecule has 1 aliphatic carbocycles. The maximum atomic E-state index is 3.92. The molecule has 0 N–H and O–H groups in total. The largest absolute Gasteiger partial charge is 0.103 e. The second-order valence-electron chi connectivity index (χ2n) is 5.06. The van der Waals surface area contributed by atoms with Gasteiger partial charge in [-0.3, -0.25) is 0 Å². The minimum absolute atomic E-state index is 0.466. The Labute approximate surface area is 115 Å². The van der Waals surface area contributed by atoms with Gasteiger partial charge < -0.3 is 0 Å². The first kappa shape index (κ1) is 12.0. The second-order valence-corrected chi connectivity index (χ2v) is 5.06. The summed E-state index contributed by atoms with van der Waals surface area (Å²) in [7, 11) is 0. The Morgan fingerprint density at radius 3 is 2.42 bits per heavy atom. The summed E-state index contributed by atoms with van der Waals surface area (Å²) in [6, 6.07) is 19.5. The normalized spacial score (nSPS) is 17.4. The summed E-state index contributed by atoms with van der Waals surface area (Å²) in [4.78, 5) is 0. The highest BCUT2D eigenvalue weighted by atomic mass is 14.3. The summed E-state index contributed by atoms with van der Waals surface area (Å²) < 4.78 is 0. The fourth-order valence-electron chi connectivity index (χ4n) is 3.12. The van der Waals surface area contributed by atoms with E-state index in [4.69, 9.17) is 0 Å². The van der Waals surface area contributed by atoms with Crippen LogP contribution in [-0.4, -0.2) is 0 Å². The van der Waals surface area contributed by atoms with Crippen LogP contribution < -0.4 is 0 Å². The Morgan fingerprint density at radius 1 is 1.00 bits per heavy atom. The average Bonchev–Trinajstić information content (AvgIpc) is 2.74. The monoisotopic (exact) mass is 246 g/mol. The van der Waals surface area contributed by atoms with E-state index < -0.39 is 0 Å². The van der Waals surface area contributed by atoms with Gasteiger partial charge in [-0.2, -0.15) is 0 Å². The molecule has 0 aromatic heterocycles. The molecule has 94 valence electrons. The van der Waals surface area contributed by atoms with Crippen LogP contribution in [0.5, 0.6) is 0 Å². The number of rotatable bonds is 3. The molecular weight excluding hydrogens is 228 g/mol. The summed E-state index contributed by atoms with van der Waals surface area (Å²) in [5, 5.41) is 0. The molecule has 1 aliphatic rings. The molecule has 0 spiro atoms. The van der Waals surface area contributed by atoms with E-state index in [1.54, 1.807) is 0 Å². The van der Waals surface area contributed by atoms with Gasteiger partial charge in [0.15, 0.2) is 0 Å². The van der Waals surface area contributed by atoms with Crippen LogP contribution in [0.15, 0.2) is 67.3 Å². The fraction of sp³-hybridized carbons (Fsp3) is 0.158. The Bertz CT molecular complexity index is 632. The third kappa shape index (κ3) is 1.94. The second kappa shape index (κ2) is 4.89. The molecule has 1 atom stereocenters. The predicted octanol–water partition coefficient (Wildman–Crippen LogP) is 5.29. The first-order valence-electron chi connectivity index (χ1n) is 6.81. The molecule has 3 rings (SSSR count). The lowest BCUT2D eigenvalue weighted by Gasteiger charge is -2.12. The summed E-state index contributed by atoms with van der Waals surface area (Å²) in [5.74, 6) is 0.466. The Kier molecular flexibility index (Phi) is 3.08. The standard InChI is InChI=1S/C19H18/c1-3-9-18-17-13-8-7-12-16(17)14(2)19(18)15-10-5-4-6-11-15/h3-8,10-14H,1,9H2,2H3. The minimum Gasteiger partial charge on any atom is -0.103 e. The highest BCUT2D eigenvalue weighted by Crippen LogP contribution is 2.47. The van der Waals surface area contributed by atoms with Crippen LogP contribution in [0.4, 0.5) is 0 Å². The smallest absolute Gasteiger partial charge is 0.00760 e. The van der Waals surface area contributed by atoms with E-state index in [2.05, 4.69) is 68.1 Å². The lowest BCUT2D eigenvalue weighted by Crippen LogP contribution is -1.92. The third-order valence-corrected chi connectivity index (χ3v) is 3.94. The average molecular weight is 246 g/mol. The fourth-order valence-corrected chi connectivity index (χ4v) is 3.12. The van der Waals surface area contributed by atoms with Crippen molar-refractivity contribution in [1.82, 2.24) is 0 Å². The zero-order valence-electron chi connectivity index (χ0n) is 11.3. The molecule has 19 heavy (non-hydrogen) atoms. The maximum absolute atomic E-state index is 3.92. The van der Waals surface area contributed by atoms with Crippen LogP contribution in [-0.2, 0) is 0 Å². The van der Waals surface area contributed by atoms with Gasteiger partial charge in [-0.15, -0.1) is 6.58 Å². The Morgan fingerprint density at radius 2 is 1.68 bits per heavy atom. The zero-order chi connectivity index (χ0) is 13.2. The van der Waals surface area contributed by atoms with Crippen molar-refractivity contribution in [1.29, 1.82) is 0 Å². The summed E-state index contributed by atoms with van der Waals surface area (Å²) in [6.07, 6.45) is 2.94. The molecule has 0 saturated heterocycles. The van der Waals surface area contributed by atoms with Crippen molar-refractivity contribution in [2.75, 3.05) is 0 Å². The number of allylic oxidation sites excluding steroid dienone is 3. The van der Waals surface area contributed by atoms with Crippen LogP contribution in [0.2, 0.25) is 0 Å². The van der Waals surface area contributed by atoms with E-state index in [0.29, 0.717) is 5.92 Å². The summed E-state index contributed by atoms with van der Waals surface area (Å²) in [6.45, 7) is 6.22. The van der Waals surface area contributed by atoms with Gasteiger partial charge >= 0.3 is 0 Å². The van der Waals surface area contributed by atoms with Crippen molar-refractivity contribution in [3.05, 3.63) is 83.9 Å². The molecule has 0 bridgehead atoms. The molecular formula is C19H18. The van der Waals surface area contributed by atoms with Gasteiger partial charge in [-0.05, 0) is 34.3 Å². The van der Waals surface area contributed by atoms with Gasteiger partial charge in [-0.1, -0.05) is 67.6 Å². The summed E-state index contributed by atoms with van der Waals surface area (Å²) in [5.41, 5.74) is 7.07. The van der Waals surface area contributed by atoms with Gasteiger partial charge in [0, 0.05) is 5.92 Å². The van der Waals surface area contributed by atoms with Gasteiger partial charge in [0.25, 0.3) is 0 Å². The van der Waals surface area contributed by atoms with E-state index in [1.807, 2.05) is 6.08 Å². The maximum Gasteiger partial charge on any atom is 0.00760 e. The lowest BCUT2D eigenvalue weighted by molar-refractivity contribution is 1.01. The van der Waals surface area contributed by atoms with Gasteiger partial charge in [0.2, 0.25) is 0 Å². The van der Waals surface area contributed by atoms with Crippen molar-refractivity contribution in [2.45, 2.75) is 19.3 Å². The van der Waals surface area contributed by atoms with E-state index >= 15 is 0 Å². The number of hydrogen-bond acceptors (Lipinski definition) is 0. The molecule has 0 aliphatic heterocycles. The van der Waals surface area contributed by atoms with Crippen LogP contribution in [0.25, 0.3) is 11.1 Å². The molecule has 2 aromatic rings. The van der Waals surface area contributed by atoms with Gasteiger partial charge in [-0.25, -0.2) is 0 Å². The van der Waals surface area contributed by atoms with E-state index in [0.717, 1.165) is 6.42 Å². The summed E-state index contributed by atoms with van der Waals surface area (Å²) >= 11 is 0. The van der Waals surface area contributed by atoms with E-state index in [9.17, 15) is 0 Å². The van der Waals surface area contributed by atoms with Crippen molar-refractivity contribution in [2.24, 2.45) is 0 Å². The quantitative estimate of drug-likeness (QED) is 0.645. The van der Waals surface area contributed by atoms with Crippen LogP contribution in [0.3, 0.4) is 0 Å². The Hall–Kier alpha value is -2.08. The van der Waals surface area contributed by atoms with Crippen LogP contribution in [0, 0.1) is 0 Å². The Balaban J connectivity index is 2.21. The predicted molar refractivity (Wildman–Crippen MR) is 82.9 cm³/mol. The molecule has 0 fully saturated rings. The first-order chi connectivity index (χ1) is 9.33. The highest BCUT2D eigenvalue weighted by Gasteiger charge is 2.27. The SMILES string of the molecule is C=CCC1=C(c2ccccc2)C(C)c2ccccc21. The molecule has 1 unspecified atom stereocenters. The van der Waals surface area contributed by atoms with Crippen LogP contribution >= 0.6 is 0 Å². The third-order valence-electron chi connectivity index (χ3n) is 3.94.